The van der Waals surface area contributed by atoms with Crippen molar-refractivity contribution in [3.8, 4) is 11.8 Å². The zero-order valence-corrected chi connectivity index (χ0v) is 17.4. The monoisotopic (exact) mass is 445 g/mol. The van der Waals surface area contributed by atoms with E-state index < -0.39 is 11.7 Å². The lowest BCUT2D eigenvalue weighted by Gasteiger charge is -2.25. The van der Waals surface area contributed by atoms with Gasteiger partial charge in [-0.1, -0.05) is 41.6 Å². The molecule has 1 aliphatic rings. The van der Waals surface area contributed by atoms with E-state index >= 15 is 0 Å². The molecule has 2 aromatic rings. The summed E-state index contributed by atoms with van der Waals surface area (Å²) in [5.41, 5.74) is 0.988. The fourth-order valence-corrected chi connectivity index (χ4v) is 4.17. The molecular weight excluding hydrogens is 429 g/mol. The number of carbonyl (C=O) groups excluding carboxylic acids is 2. The molecule has 0 saturated carbocycles. The summed E-state index contributed by atoms with van der Waals surface area (Å²) >= 11 is 7.06. The minimum atomic E-state index is -0.698. The standard InChI is InChI=1S/C21H17ClFN3O3S/c1-29-18-7-6-12(8-16(18)22)25-20(28)11-30-21-15(10-24)14(9-19(27)26-21)13-4-2-3-5-17(13)23/h2-8,14H,9,11H2,1H3,(H,25,28)(H,26,27)/t14-/m1/s1. The molecule has 30 heavy (non-hydrogen) atoms. The molecule has 2 amide bonds. The maximum Gasteiger partial charge on any atom is 0.234 e. The van der Waals surface area contributed by atoms with Crippen LogP contribution in [0.3, 0.4) is 0 Å². The number of hydrogen-bond acceptors (Lipinski definition) is 5. The Labute approximate surface area is 182 Å². The Balaban J connectivity index is 1.74. The summed E-state index contributed by atoms with van der Waals surface area (Å²) in [4.78, 5) is 24.5. The van der Waals surface area contributed by atoms with E-state index in [0.29, 0.717) is 16.5 Å². The maximum atomic E-state index is 14.2. The third-order valence-corrected chi connectivity index (χ3v) is 5.73. The van der Waals surface area contributed by atoms with E-state index in [1.54, 1.807) is 36.4 Å². The highest BCUT2D eigenvalue weighted by Crippen LogP contribution is 2.37. The molecule has 0 aliphatic carbocycles. The molecule has 0 radical (unpaired) electrons. The zero-order chi connectivity index (χ0) is 21.7. The molecule has 1 atom stereocenters. The molecule has 1 aliphatic heterocycles. The first-order chi connectivity index (χ1) is 14.4. The van der Waals surface area contributed by atoms with Crippen LogP contribution in [0, 0.1) is 17.1 Å². The Morgan fingerprint density at radius 3 is 2.83 bits per heavy atom. The molecule has 2 aromatic carbocycles. The zero-order valence-electron chi connectivity index (χ0n) is 15.9. The van der Waals surface area contributed by atoms with Gasteiger partial charge < -0.3 is 15.4 Å². The Hall–Kier alpha value is -3.02. The minimum Gasteiger partial charge on any atom is -0.495 e. The summed E-state index contributed by atoms with van der Waals surface area (Å²) in [6.45, 7) is 0. The number of rotatable bonds is 6. The van der Waals surface area contributed by atoms with Gasteiger partial charge in [-0.25, -0.2) is 4.39 Å². The Kier molecular flexibility index (Phi) is 6.98. The first-order valence-electron chi connectivity index (χ1n) is 8.87. The largest absolute Gasteiger partial charge is 0.495 e. The average Bonchev–Trinajstić information content (AvgIpc) is 2.72. The third-order valence-electron chi connectivity index (χ3n) is 4.42. The number of methoxy groups -OCH3 is 1. The number of amides is 2. The predicted octanol–water partition coefficient (Wildman–Crippen LogP) is 4.20. The van der Waals surface area contributed by atoms with Crippen molar-refractivity contribution in [2.24, 2.45) is 0 Å². The lowest BCUT2D eigenvalue weighted by molar-refractivity contribution is -0.121. The highest BCUT2D eigenvalue weighted by atomic mass is 35.5. The van der Waals surface area contributed by atoms with Gasteiger partial charge in [-0.15, -0.1) is 0 Å². The molecule has 0 bridgehead atoms. The number of nitrogens with one attached hydrogen (secondary N) is 2. The van der Waals surface area contributed by atoms with Crippen molar-refractivity contribution in [3.63, 3.8) is 0 Å². The van der Waals surface area contributed by atoms with Crippen molar-refractivity contribution in [3.05, 3.63) is 69.5 Å². The van der Waals surface area contributed by atoms with Gasteiger partial charge in [0.05, 0.1) is 34.6 Å². The number of benzene rings is 2. The predicted molar refractivity (Wildman–Crippen MR) is 114 cm³/mol. The van der Waals surface area contributed by atoms with Crippen LogP contribution in [0.5, 0.6) is 5.75 Å². The number of anilines is 1. The molecule has 1 heterocycles. The number of allylic oxidation sites excluding steroid dienone is 1. The van der Waals surface area contributed by atoms with Gasteiger partial charge in [-0.3, -0.25) is 9.59 Å². The van der Waals surface area contributed by atoms with Gasteiger partial charge >= 0.3 is 0 Å². The molecule has 0 spiro atoms. The number of nitrogens with zero attached hydrogens (tertiary/aromatic N) is 1. The first-order valence-corrected chi connectivity index (χ1v) is 10.2. The Morgan fingerprint density at radius 2 is 2.17 bits per heavy atom. The second kappa shape index (κ2) is 9.65. The summed E-state index contributed by atoms with van der Waals surface area (Å²) in [5.74, 6) is -1.45. The van der Waals surface area contributed by atoms with Gasteiger partial charge in [0.25, 0.3) is 0 Å². The second-order valence-electron chi connectivity index (χ2n) is 6.37. The van der Waals surface area contributed by atoms with E-state index in [1.807, 2.05) is 0 Å². The van der Waals surface area contributed by atoms with Gasteiger partial charge in [-0.05, 0) is 29.8 Å². The van der Waals surface area contributed by atoms with Gasteiger partial charge in [0.2, 0.25) is 11.8 Å². The summed E-state index contributed by atoms with van der Waals surface area (Å²) < 4.78 is 19.3. The van der Waals surface area contributed by atoms with Crippen molar-refractivity contribution >= 4 is 40.9 Å². The topological polar surface area (TPSA) is 91.2 Å². The summed E-state index contributed by atoms with van der Waals surface area (Å²) in [6, 6.07) is 12.9. The number of hydrogen-bond donors (Lipinski definition) is 2. The van der Waals surface area contributed by atoms with Crippen LogP contribution in [0.1, 0.15) is 17.9 Å². The van der Waals surface area contributed by atoms with E-state index in [2.05, 4.69) is 16.7 Å². The fourth-order valence-electron chi connectivity index (χ4n) is 3.04. The fraction of sp³-hybridized carbons (Fsp3) is 0.190. The van der Waals surface area contributed by atoms with Crippen LogP contribution < -0.4 is 15.4 Å². The van der Waals surface area contributed by atoms with Crippen molar-refractivity contribution in [2.45, 2.75) is 12.3 Å². The van der Waals surface area contributed by atoms with E-state index in [0.717, 1.165) is 11.8 Å². The molecule has 0 unspecified atom stereocenters. The van der Waals surface area contributed by atoms with Crippen molar-refractivity contribution in [1.82, 2.24) is 5.32 Å². The average molecular weight is 446 g/mol. The number of ether oxygens (including phenoxy) is 1. The number of nitriles is 1. The van der Waals surface area contributed by atoms with Crippen LogP contribution in [-0.2, 0) is 9.59 Å². The van der Waals surface area contributed by atoms with Crippen LogP contribution in [0.4, 0.5) is 10.1 Å². The molecule has 3 rings (SSSR count). The van der Waals surface area contributed by atoms with Crippen molar-refractivity contribution < 1.29 is 18.7 Å². The van der Waals surface area contributed by atoms with Crippen LogP contribution in [-0.4, -0.2) is 24.7 Å². The number of thioether (sulfide) groups is 1. The Bertz CT molecular complexity index is 1070. The smallest absolute Gasteiger partial charge is 0.234 e. The molecule has 154 valence electrons. The summed E-state index contributed by atoms with van der Waals surface area (Å²) in [6.07, 6.45) is -0.0373. The first kappa shape index (κ1) is 21.7. The number of halogens is 2. The van der Waals surface area contributed by atoms with Crippen LogP contribution >= 0.6 is 23.4 Å². The molecule has 0 aromatic heterocycles. The third kappa shape index (κ3) is 4.93. The van der Waals surface area contributed by atoms with Crippen LogP contribution in [0.15, 0.2) is 53.1 Å². The molecule has 9 heteroatoms. The summed E-state index contributed by atoms with van der Waals surface area (Å²) in [5, 5.41) is 15.5. The van der Waals surface area contributed by atoms with E-state index in [9.17, 15) is 19.2 Å². The minimum absolute atomic E-state index is 0.0373. The van der Waals surface area contributed by atoms with Gasteiger partial charge in [-0.2, -0.15) is 5.26 Å². The molecule has 0 fully saturated rings. The molecule has 6 nitrogen and oxygen atoms in total. The Morgan fingerprint density at radius 1 is 1.40 bits per heavy atom. The highest BCUT2D eigenvalue weighted by Gasteiger charge is 2.31. The molecule has 2 N–H and O–H groups in total. The second-order valence-corrected chi connectivity index (χ2v) is 7.76. The maximum absolute atomic E-state index is 14.2. The van der Waals surface area contributed by atoms with Gasteiger partial charge in [0, 0.05) is 18.0 Å². The quantitative estimate of drug-likeness (QED) is 0.695. The normalized spacial score (nSPS) is 15.9. The highest BCUT2D eigenvalue weighted by molar-refractivity contribution is 8.03. The molecule has 0 saturated heterocycles. The SMILES string of the molecule is COc1ccc(NC(=O)CSC2=C(C#N)[C@@H](c3ccccc3F)CC(=O)N2)cc1Cl. The van der Waals surface area contributed by atoms with Crippen molar-refractivity contribution in [1.29, 1.82) is 5.26 Å². The van der Waals surface area contributed by atoms with Gasteiger partial charge in [0.15, 0.2) is 0 Å². The number of carbonyl (C=O) groups is 2. The van der Waals surface area contributed by atoms with Crippen molar-refractivity contribution in [2.75, 3.05) is 18.2 Å². The summed E-state index contributed by atoms with van der Waals surface area (Å²) in [7, 11) is 1.49. The van der Waals surface area contributed by atoms with Crippen LogP contribution in [0.2, 0.25) is 5.02 Å². The lowest BCUT2D eigenvalue weighted by atomic mass is 9.87. The lowest BCUT2D eigenvalue weighted by Crippen LogP contribution is -2.31. The van der Waals surface area contributed by atoms with E-state index in [-0.39, 0.29) is 40.2 Å². The molecular formula is C21H17ClFN3O3S. The van der Waals surface area contributed by atoms with E-state index in [4.69, 9.17) is 16.3 Å². The van der Waals surface area contributed by atoms with Gasteiger partial charge in [0.1, 0.15) is 11.6 Å². The van der Waals surface area contributed by atoms with E-state index in [1.165, 1.54) is 13.2 Å². The van der Waals surface area contributed by atoms with Crippen LogP contribution in [0.25, 0.3) is 0 Å².